The first-order chi connectivity index (χ1) is 11.1. The zero-order valence-corrected chi connectivity index (χ0v) is 13.7. The van der Waals surface area contributed by atoms with Gasteiger partial charge in [0.15, 0.2) is 5.82 Å². The van der Waals surface area contributed by atoms with Crippen molar-refractivity contribution in [2.24, 2.45) is 5.92 Å². The maximum absolute atomic E-state index is 13.0. The number of hydrogen-bond acceptors (Lipinski definition) is 6. The number of hydrogen-bond donors (Lipinski definition) is 0. The summed E-state index contributed by atoms with van der Waals surface area (Å²) in [6.07, 6.45) is 4.95. The van der Waals surface area contributed by atoms with Crippen LogP contribution in [0.4, 0.5) is 0 Å². The van der Waals surface area contributed by atoms with E-state index in [4.69, 9.17) is 4.52 Å². The zero-order chi connectivity index (χ0) is 16.4. The quantitative estimate of drug-likeness (QED) is 0.850. The normalized spacial score (nSPS) is 20.0. The molecule has 3 heterocycles. The van der Waals surface area contributed by atoms with Crippen LogP contribution in [0.3, 0.4) is 0 Å². The van der Waals surface area contributed by atoms with Crippen molar-refractivity contribution in [1.29, 1.82) is 0 Å². The molecule has 2 aromatic rings. The summed E-state index contributed by atoms with van der Waals surface area (Å²) in [5.74, 6) is 1.58. The van der Waals surface area contributed by atoms with Gasteiger partial charge in [-0.15, -0.1) is 0 Å². The van der Waals surface area contributed by atoms with Crippen molar-refractivity contribution in [2.75, 3.05) is 13.1 Å². The molecule has 0 saturated carbocycles. The van der Waals surface area contributed by atoms with E-state index in [1.54, 1.807) is 17.9 Å². The number of aromatic nitrogens is 5. The fraction of sp³-hybridized carbons (Fsp3) is 0.667. The van der Waals surface area contributed by atoms with Crippen molar-refractivity contribution in [3.8, 4) is 0 Å². The highest BCUT2D eigenvalue weighted by Gasteiger charge is 2.34. The fourth-order valence-corrected chi connectivity index (χ4v) is 3.11. The molecular formula is C15H22N6O2. The maximum Gasteiger partial charge on any atom is 0.247 e. The number of piperidine rings is 1. The Balaban J connectivity index is 1.75. The van der Waals surface area contributed by atoms with Crippen molar-refractivity contribution in [1.82, 2.24) is 29.8 Å². The van der Waals surface area contributed by atoms with E-state index in [1.165, 1.54) is 6.33 Å². The zero-order valence-electron chi connectivity index (χ0n) is 13.7. The number of amides is 1. The molecule has 1 aliphatic rings. The third-order valence-electron chi connectivity index (χ3n) is 4.23. The molecule has 2 aromatic heterocycles. The fourth-order valence-electron chi connectivity index (χ4n) is 3.11. The lowest BCUT2D eigenvalue weighted by Gasteiger charge is -2.34. The van der Waals surface area contributed by atoms with Crippen LogP contribution in [-0.4, -0.2) is 48.8 Å². The third-order valence-corrected chi connectivity index (χ3v) is 4.23. The Hall–Kier alpha value is -2.25. The molecule has 2 atom stereocenters. The summed E-state index contributed by atoms with van der Waals surface area (Å²) >= 11 is 0. The molecule has 0 unspecified atom stereocenters. The van der Waals surface area contributed by atoms with Gasteiger partial charge in [-0.25, -0.2) is 9.67 Å². The van der Waals surface area contributed by atoms with Gasteiger partial charge in [0.25, 0.3) is 0 Å². The largest absolute Gasteiger partial charge is 0.340 e. The molecule has 8 heteroatoms. The molecule has 0 bridgehead atoms. The molecule has 0 spiro atoms. The van der Waals surface area contributed by atoms with Crippen LogP contribution in [0.1, 0.15) is 50.4 Å². The van der Waals surface area contributed by atoms with Gasteiger partial charge in [0, 0.05) is 13.1 Å². The van der Waals surface area contributed by atoms with Crippen LogP contribution in [0.2, 0.25) is 0 Å². The molecule has 8 nitrogen and oxygen atoms in total. The van der Waals surface area contributed by atoms with Crippen LogP contribution in [0.15, 0.2) is 17.2 Å². The van der Waals surface area contributed by atoms with Gasteiger partial charge in [-0.05, 0) is 25.7 Å². The lowest BCUT2D eigenvalue weighted by atomic mass is 9.95. The second kappa shape index (κ2) is 6.47. The van der Waals surface area contributed by atoms with Gasteiger partial charge in [-0.1, -0.05) is 19.0 Å². The Morgan fingerprint density at radius 1 is 1.43 bits per heavy atom. The number of nitrogens with zero attached hydrogens (tertiary/aromatic N) is 6. The lowest BCUT2D eigenvalue weighted by Crippen LogP contribution is -2.44. The minimum atomic E-state index is -0.333. The van der Waals surface area contributed by atoms with Gasteiger partial charge in [-0.2, -0.15) is 10.1 Å². The summed E-state index contributed by atoms with van der Waals surface area (Å²) in [4.78, 5) is 23.2. The average Bonchev–Trinajstić information content (AvgIpc) is 3.19. The molecule has 124 valence electrons. The standard InChI is InChI=1S/C15H22N6O2/c1-10(2)13(21-9-16-8-17-21)15(22)20-6-4-5-12(7-20)14-18-11(3)19-23-14/h8-10,12-13H,4-7H2,1-3H3/t12-,13+/m0/s1. The SMILES string of the molecule is Cc1noc([C@H]2CCCN(C(=O)[C@@H](C(C)C)n3cncn3)C2)n1. The van der Waals surface area contributed by atoms with Crippen LogP contribution >= 0.6 is 0 Å². The Morgan fingerprint density at radius 3 is 2.87 bits per heavy atom. The molecule has 23 heavy (non-hydrogen) atoms. The number of likely N-dealkylation sites (tertiary alicyclic amines) is 1. The minimum absolute atomic E-state index is 0.0754. The Labute approximate surface area is 134 Å². The highest BCUT2D eigenvalue weighted by Crippen LogP contribution is 2.28. The number of carbonyl (C=O) groups excluding carboxylic acids is 1. The van der Waals surface area contributed by atoms with Gasteiger partial charge in [0.2, 0.25) is 11.8 Å². The summed E-state index contributed by atoms with van der Waals surface area (Å²) in [5, 5.41) is 8.01. The van der Waals surface area contributed by atoms with E-state index in [1.807, 2.05) is 18.7 Å². The summed E-state index contributed by atoms with van der Waals surface area (Å²) in [6, 6.07) is -0.333. The second-order valence-corrected chi connectivity index (χ2v) is 6.37. The molecule has 1 amide bonds. The smallest absolute Gasteiger partial charge is 0.247 e. The van der Waals surface area contributed by atoms with Crippen LogP contribution in [0, 0.1) is 12.8 Å². The van der Waals surface area contributed by atoms with Crippen molar-refractivity contribution in [2.45, 2.75) is 45.6 Å². The van der Waals surface area contributed by atoms with Gasteiger partial charge < -0.3 is 9.42 Å². The first-order valence-electron chi connectivity index (χ1n) is 7.99. The van der Waals surface area contributed by atoms with Crippen LogP contribution in [0.5, 0.6) is 0 Å². The number of rotatable bonds is 4. The van der Waals surface area contributed by atoms with E-state index in [9.17, 15) is 4.79 Å². The predicted octanol–water partition coefficient (Wildman–Crippen LogP) is 1.57. The monoisotopic (exact) mass is 318 g/mol. The molecule has 0 aromatic carbocycles. The number of aryl methyl sites for hydroxylation is 1. The van der Waals surface area contributed by atoms with Crippen molar-refractivity contribution < 1.29 is 9.32 Å². The molecule has 1 saturated heterocycles. The Morgan fingerprint density at radius 2 is 2.26 bits per heavy atom. The lowest BCUT2D eigenvalue weighted by molar-refractivity contribution is -0.137. The van der Waals surface area contributed by atoms with Crippen LogP contribution in [-0.2, 0) is 4.79 Å². The van der Waals surface area contributed by atoms with E-state index in [0.29, 0.717) is 18.3 Å². The van der Waals surface area contributed by atoms with Gasteiger partial charge in [-0.3, -0.25) is 4.79 Å². The molecule has 1 aliphatic heterocycles. The van der Waals surface area contributed by atoms with Crippen molar-refractivity contribution in [3.63, 3.8) is 0 Å². The van der Waals surface area contributed by atoms with Gasteiger partial charge >= 0.3 is 0 Å². The van der Waals surface area contributed by atoms with Crippen molar-refractivity contribution in [3.05, 3.63) is 24.4 Å². The van der Waals surface area contributed by atoms with Crippen LogP contribution < -0.4 is 0 Å². The highest BCUT2D eigenvalue weighted by molar-refractivity contribution is 5.80. The summed E-state index contributed by atoms with van der Waals surface area (Å²) in [6.45, 7) is 7.21. The average molecular weight is 318 g/mol. The van der Waals surface area contributed by atoms with E-state index in [0.717, 1.165) is 19.4 Å². The van der Waals surface area contributed by atoms with E-state index in [-0.39, 0.29) is 23.8 Å². The second-order valence-electron chi connectivity index (χ2n) is 6.37. The maximum atomic E-state index is 13.0. The first kappa shape index (κ1) is 15.6. The van der Waals surface area contributed by atoms with E-state index < -0.39 is 0 Å². The molecular weight excluding hydrogens is 296 g/mol. The minimum Gasteiger partial charge on any atom is -0.340 e. The molecule has 3 rings (SSSR count). The Bertz CT molecular complexity index is 651. The highest BCUT2D eigenvalue weighted by atomic mass is 16.5. The van der Waals surface area contributed by atoms with Gasteiger partial charge in [0.05, 0.1) is 5.92 Å². The van der Waals surface area contributed by atoms with Crippen LogP contribution in [0.25, 0.3) is 0 Å². The summed E-state index contributed by atoms with van der Waals surface area (Å²) in [5.41, 5.74) is 0. The predicted molar refractivity (Wildman–Crippen MR) is 81.5 cm³/mol. The molecule has 0 N–H and O–H groups in total. The van der Waals surface area contributed by atoms with Crippen molar-refractivity contribution >= 4 is 5.91 Å². The molecule has 0 aliphatic carbocycles. The molecule has 1 fully saturated rings. The summed E-state index contributed by atoms with van der Waals surface area (Å²) < 4.78 is 6.93. The van der Waals surface area contributed by atoms with E-state index >= 15 is 0 Å². The molecule has 0 radical (unpaired) electrons. The third kappa shape index (κ3) is 3.25. The topological polar surface area (TPSA) is 89.9 Å². The Kier molecular flexibility index (Phi) is 4.40. The number of carbonyl (C=O) groups is 1. The van der Waals surface area contributed by atoms with E-state index in [2.05, 4.69) is 20.2 Å². The van der Waals surface area contributed by atoms with Gasteiger partial charge in [0.1, 0.15) is 18.7 Å². The summed E-state index contributed by atoms with van der Waals surface area (Å²) in [7, 11) is 0. The first-order valence-corrected chi connectivity index (χ1v) is 7.99.